The summed E-state index contributed by atoms with van der Waals surface area (Å²) in [6.45, 7) is 11.4. The Morgan fingerprint density at radius 1 is 1.21 bits per heavy atom. The summed E-state index contributed by atoms with van der Waals surface area (Å²) in [6.07, 6.45) is 6.63. The van der Waals surface area contributed by atoms with Crippen LogP contribution in [0.25, 0.3) is 10.2 Å². The molecular formula is C19H28N4S. The predicted octanol–water partition coefficient (Wildman–Crippen LogP) is 3.64. The molecule has 2 aromatic rings. The van der Waals surface area contributed by atoms with Crippen molar-refractivity contribution in [1.29, 1.82) is 0 Å². The van der Waals surface area contributed by atoms with Crippen LogP contribution in [0.15, 0.2) is 6.33 Å². The maximum Gasteiger partial charge on any atom is 0.141 e. The van der Waals surface area contributed by atoms with Gasteiger partial charge in [-0.15, -0.1) is 11.3 Å². The molecule has 0 amide bonds. The SMILES string of the molecule is CC(C)(C)C1CCc2c(sc3ncnc(N4CCCNCC4)c23)C1. The third-order valence-corrected chi connectivity index (χ3v) is 6.85. The summed E-state index contributed by atoms with van der Waals surface area (Å²) < 4.78 is 0. The van der Waals surface area contributed by atoms with Gasteiger partial charge < -0.3 is 10.2 Å². The van der Waals surface area contributed by atoms with Gasteiger partial charge in [-0.3, -0.25) is 0 Å². The molecule has 5 heteroatoms. The van der Waals surface area contributed by atoms with Gasteiger partial charge in [0.15, 0.2) is 0 Å². The second kappa shape index (κ2) is 6.26. The fourth-order valence-electron chi connectivity index (χ4n) is 4.13. The monoisotopic (exact) mass is 344 g/mol. The topological polar surface area (TPSA) is 41.1 Å². The molecule has 2 aromatic heterocycles. The van der Waals surface area contributed by atoms with Gasteiger partial charge in [-0.1, -0.05) is 20.8 Å². The number of aryl methyl sites for hydroxylation is 1. The minimum absolute atomic E-state index is 0.388. The van der Waals surface area contributed by atoms with Crippen molar-refractivity contribution < 1.29 is 0 Å². The molecular weight excluding hydrogens is 316 g/mol. The highest BCUT2D eigenvalue weighted by Crippen LogP contribution is 2.44. The Bertz CT molecular complexity index is 723. The largest absolute Gasteiger partial charge is 0.355 e. The Hall–Kier alpha value is -1.20. The minimum atomic E-state index is 0.388. The molecule has 4 rings (SSSR count). The summed E-state index contributed by atoms with van der Waals surface area (Å²) in [4.78, 5) is 14.5. The lowest BCUT2D eigenvalue weighted by atomic mass is 9.72. The first-order valence-corrected chi connectivity index (χ1v) is 10.1. The van der Waals surface area contributed by atoms with E-state index in [0.717, 1.165) is 32.1 Å². The van der Waals surface area contributed by atoms with Gasteiger partial charge >= 0.3 is 0 Å². The molecule has 1 fully saturated rings. The normalized spacial score (nSPS) is 22.5. The van der Waals surface area contributed by atoms with Crippen LogP contribution in [0.5, 0.6) is 0 Å². The highest BCUT2D eigenvalue weighted by molar-refractivity contribution is 7.19. The van der Waals surface area contributed by atoms with Crippen LogP contribution < -0.4 is 10.2 Å². The van der Waals surface area contributed by atoms with Crippen molar-refractivity contribution >= 4 is 27.4 Å². The van der Waals surface area contributed by atoms with Crippen molar-refractivity contribution in [3.05, 3.63) is 16.8 Å². The van der Waals surface area contributed by atoms with E-state index in [1.54, 1.807) is 16.8 Å². The molecule has 130 valence electrons. The van der Waals surface area contributed by atoms with Crippen LogP contribution in [0, 0.1) is 11.3 Å². The maximum absolute atomic E-state index is 4.71. The number of rotatable bonds is 1. The lowest BCUT2D eigenvalue weighted by Gasteiger charge is -2.34. The number of fused-ring (bicyclic) bond motifs is 3. The highest BCUT2D eigenvalue weighted by Gasteiger charge is 2.32. The second-order valence-corrected chi connectivity index (χ2v) is 9.36. The standard InChI is InChI=1S/C19H28N4S/c1-19(2,3)13-5-6-14-15(11-13)24-18-16(14)17(21-12-22-18)23-9-4-7-20-8-10-23/h12-13,20H,4-11H2,1-3H3. The van der Waals surface area contributed by atoms with E-state index in [1.165, 1.54) is 41.7 Å². The molecule has 3 heterocycles. The fourth-order valence-corrected chi connectivity index (χ4v) is 5.39. The number of anilines is 1. The van der Waals surface area contributed by atoms with Crippen molar-refractivity contribution in [2.45, 2.75) is 46.5 Å². The van der Waals surface area contributed by atoms with Crippen molar-refractivity contribution in [1.82, 2.24) is 15.3 Å². The molecule has 1 unspecified atom stereocenters. The number of nitrogens with one attached hydrogen (secondary N) is 1. The average Bonchev–Trinajstić information content (AvgIpc) is 2.73. The summed E-state index contributed by atoms with van der Waals surface area (Å²) in [6, 6.07) is 0. The first-order valence-electron chi connectivity index (χ1n) is 9.25. The Balaban J connectivity index is 1.74. The molecule has 1 aliphatic carbocycles. The summed E-state index contributed by atoms with van der Waals surface area (Å²) in [7, 11) is 0. The van der Waals surface area contributed by atoms with Crippen LogP contribution in [-0.4, -0.2) is 36.1 Å². The molecule has 1 saturated heterocycles. The van der Waals surface area contributed by atoms with E-state index in [-0.39, 0.29) is 0 Å². The molecule has 1 atom stereocenters. The predicted molar refractivity (Wildman–Crippen MR) is 102 cm³/mol. The van der Waals surface area contributed by atoms with Crippen molar-refractivity contribution in [2.24, 2.45) is 11.3 Å². The van der Waals surface area contributed by atoms with Crippen LogP contribution in [-0.2, 0) is 12.8 Å². The van der Waals surface area contributed by atoms with Gasteiger partial charge in [-0.25, -0.2) is 9.97 Å². The number of hydrogen-bond acceptors (Lipinski definition) is 5. The number of aromatic nitrogens is 2. The van der Waals surface area contributed by atoms with Crippen LogP contribution in [0.3, 0.4) is 0 Å². The summed E-state index contributed by atoms with van der Waals surface area (Å²) in [5.74, 6) is 1.95. The second-order valence-electron chi connectivity index (χ2n) is 8.28. The molecule has 1 aliphatic heterocycles. The first kappa shape index (κ1) is 16.3. The van der Waals surface area contributed by atoms with Crippen molar-refractivity contribution in [3.63, 3.8) is 0 Å². The van der Waals surface area contributed by atoms with Crippen LogP contribution in [0.2, 0.25) is 0 Å². The Morgan fingerprint density at radius 3 is 2.92 bits per heavy atom. The van der Waals surface area contributed by atoms with E-state index < -0.39 is 0 Å². The quantitative estimate of drug-likeness (QED) is 0.857. The molecule has 0 bridgehead atoms. The summed E-state index contributed by atoms with van der Waals surface area (Å²) >= 11 is 1.91. The third kappa shape index (κ3) is 2.93. The van der Waals surface area contributed by atoms with Gasteiger partial charge in [-0.2, -0.15) is 0 Å². The molecule has 2 aliphatic rings. The van der Waals surface area contributed by atoms with Gasteiger partial charge in [0.25, 0.3) is 0 Å². The van der Waals surface area contributed by atoms with Crippen molar-refractivity contribution in [3.8, 4) is 0 Å². The van der Waals surface area contributed by atoms with Crippen molar-refractivity contribution in [2.75, 3.05) is 31.1 Å². The zero-order valence-corrected chi connectivity index (χ0v) is 15.9. The minimum Gasteiger partial charge on any atom is -0.355 e. The smallest absolute Gasteiger partial charge is 0.141 e. The molecule has 0 spiro atoms. The van der Waals surface area contributed by atoms with E-state index in [9.17, 15) is 0 Å². The van der Waals surface area contributed by atoms with E-state index in [2.05, 4.69) is 36.0 Å². The first-order chi connectivity index (χ1) is 11.5. The summed E-state index contributed by atoms with van der Waals surface area (Å²) in [5.41, 5.74) is 1.93. The zero-order valence-electron chi connectivity index (χ0n) is 15.1. The van der Waals surface area contributed by atoms with Gasteiger partial charge in [0.2, 0.25) is 0 Å². The van der Waals surface area contributed by atoms with Gasteiger partial charge in [-0.05, 0) is 49.1 Å². The Morgan fingerprint density at radius 2 is 2.08 bits per heavy atom. The molecule has 0 saturated carbocycles. The molecule has 1 N–H and O–H groups in total. The number of hydrogen-bond donors (Lipinski definition) is 1. The van der Waals surface area contributed by atoms with E-state index in [4.69, 9.17) is 4.98 Å². The number of nitrogens with zero attached hydrogens (tertiary/aromatic N) is 3. The average molecular weight is 345 g/mol. The fraction of sp³-hybridized carbons (Fsp3) is 0.684. The zero-order chi connectivity index (χ0) is 16.7. The Kier molecular flexibility index (Phi) is 4.25. The number of thiophene rings is 1. The van der Waals surface area contributed by atoms with Gasteiger partial charge in [0, 0.05) is 24.5 Å². The summed E-state index contributed by atoms with van der Waals surface area (Å²) in [5, 5.41) is 4.84. The molecule has 0 aromatic carbocycles. The molecule has 24 heavy (non-hydrogen) atoms. The van der Waals surface area contributed by atoms with Crippen LogP contribution >= 0.6 is 11.3 Å². The lowest BCUT2D eigenvalue weighted by Crippen LogP contribution is -2.29. The van der Waals surface area contributed by atoms with Crippen LogP contribution in [0.4, 0.5) is 5.82 Å². The molecule has 0 radical (unpaired) electrons. The Labute approximate surface area is 148 Å². The van der Waals surface area contributed by atoms with E-state index >= 15 is 0 Å². The van der Waals surface area contributed by atoms with Gasteiger partial charge in [0.1, 0.15) is 17.0 Å². The maximum atomic E-state index is 4.71. The van der Waals surface area contributed by atoms with E-state index in [1.807, 2.05) is 11.3 Å². The lowest BCUT2D eigenvalue weighted by molar-refractivity contribution is 0.218. The highest BCUT2D eigenvalue weighted by atomic mass is 32.1. The van der Waals surface area contributed by atoms with Crippen LogP contribution in [0.1, 0.15) is 44.1 Å². The van der Waals surface area contributed by atoms with E-state index in [0.29, 0.717) is 5.41 Å². The third-order valence-electron chi connectivity index (χ3n) is 5.69. The van der Waals surface area contributed by atoms with Gasteiger partial charge in [0.05, 0.1) is 5.39 Å². The molecule has 4 nitrogen and oxygen atoms in total.